The molecule has 70 heavy (non-hydrogen) atoms. The van der Waals surface area contributed by atoms with E-state index in [1.54, 1.807) is 58.4 Å². The number of carbonyl (C=O) groups excluding carboxylic acids is 1. The first-order valence-corrected chi connectivity index (χ1v) is 25.1. The van der Waals surface area contributed by atoms with Crippen molar-refractivity contribution in [3.8, 4) is 5.75 Å². The Morgan fingerprint density at radius 2 is 1.67 bits per heavy atom. The monoisotopic (exact) mass is 993 g/mol. The third-order valence-corrected chi connectivity index (χ3v) is 15.6. The molecule has 3 aliphatic heterocycles. The van der Waals surface area contributed by atoms with Crippen molar-refractivity contribution in [3.63, 3.8) is 0 Å². The fraction of sp³-hybridized carbons (Fsp3) is 0.820. The maximum atomic E-state index is 14.6. The van der Waals surface area contributed by atoms with Crippen LogP contribution in [0, 0.1) is 33.8 Å². The number of carbonyl (C=O) groups is 1. The third kappa shape index (κ3) is 13.6. The summed E-state index contributed by atoms with van der Waals surface area (Å²) in [5.41, 5.74) is -3.72. The average molecular weight is 993 g/mol. The number of rotatable bonds is 15. The van der Waals surface area contributed by atoms with E-state index in [2.05, 4.69) is 15.2 Å². The first-order valence-electron chi connectivity index (χ1n) is 25.1. The van der Waals surface area contributed by atoms with E-state index in [4.69, 9.17) is 28.4 Å². The predicted octanol–water partition coefficient (Wildman–Crippen LogP) is 3.76. The van der Waals surface area contributed by atoms with Crippen molar-refractivity contribution in [2.24, 2.45) is 23.7 Å². The number of likely N-dealkylation sites (N-methyl/N-ethyl adjacent to an activating group) is 2. The minimum Gasteiger partial charge on any atom is -0.494 e. The Morgan fingerprint density at radius 3 is 2.30 bits per heavy atom. The molecule has 398 valence electrons. The number of nitro benzene ring substituents is 1. The number of ether oxygens (including phenoxy) is 6. The van der Waals surface area contributed by atoms with Crippen LogP contribution in [-0.4, -0.2) is 186 Å². The van der Waals surface area contributed by atoms with E-state index in [-0.39, 0.29) is 37.0 Å². The van der Waals surface area contributed by atoms with Gasteiger partial charge in [0.25, 0.3) is 5.69 Å². The summed E-state index contributed by atoms with van der Waals surface area (Å²) < 4.78 is 39.6. The number of aliphatic hydroxyl groups excluding tert-OH is 3. The molecule has 0 bridgehead atoms. The zero-order chi connectivity index (χ0) is 52.0. The van der Waals surface area contributed by atoms with Crippen molar-refractivity contribution >= 4 is 11.7 Å². The summed E-state index contributed by atoms with van der Waals surface area (Å²) in [6.45, 7) is 19.7. The van der Waals surface area contributed by atoms with Gasteiger partial charge in [0.1, 0.15) is 35.8 Å². The van der Waals surface area contributed by atoms with Gasteiger partial charge in [0.2, 0.25) is 0 Å². The highest BCUT2D eigenvalue weighted by Crippen LogP contribution is 2.45. The SMILES string of the molecule is CC[C@H]1OC(=O)[C@H](C)[C@@H](C2C[C@@](C)(OC)[C@@H](O)[C@H](C)O2)[C@H](C)[C@@H](O[C@@H]2O[C@H](C)C[C@H](N(C)CCc3cn(CCCOc4ccc([N+](=O)[O-])cc4)nn3)[C@H]2O)[C@](C)(O)C[C@@H](C)CN(C)[C@H](C)[C@@H](O)[C@]1(C)O. The van der Waals surface area contributed by atoms with E-state index >= 15 is 0 Å². The largest absolute Gasteiger partial charge is 0.494 e. The molecule has 0 radical (unpaired) electrons. The lowest BCUT2D eigenvalue weighted by atomic mass is 9.68. The smallest absolute Gasteiger partial charge is 0.309 e. The molecule has 5 rings (SSSR count). The van der Waals surface area contributed by atoms with Crippen molar-refractivity contribution in [2.45, 2.75) is 198 Å². The molecule has 0 amide bonds. The van der Waals surface area contributed by atoms with Crippen molar-refractivity contribution in [1.82, 2.24) is 24.8 Å². The van der Waals surface area contributed by atoms with E-state index < -0.39 is 107 Å². The summed E-state index contributed by atoms with van der Waals surface area (Å²) >= 11 is 0. The highest BCUT2D eigenvalue weighted by Gasteiger charge is 2.55. The van der Waals surface area contributed by atoms with Crippen LogP contribution in [-0.2, 0) is 41.4 Å². The topological polar surface area (TPSA) is 254 Å². The van der Waals surface area contributed by atoms with Crippen LogP contribution in [0.3, 0.4) is 0 Å². The highest BCUT2D eigenvalue weighted by molar-refractivity contribution is 5.73. The predicted molar refractivity (Wildman–Crippen MR) is 259 cm³/mol. The standard InChI is InChI=1S/C50H84N6O14/c1-14-40-50(10,62)43(58)33(6)54(12)27-29(2)25-48(8,61)45(31(4)41(32(5)46(60)69-40)39-26-49(9,65-13)44(59)34(7)68-39)70-47-42(57)38(24-30(3)67-47)53(11)22-20-35-28-55(52-51-35)21-15-23-66-37-18-16-36(17-19-37)56(63)64/h16-19,28-34,38-45,47,57-59,61-62H,14-15,20-27H2,1-13H3/t29-,30-,31+,32-,33-,34+,38+,39?,40-,41+,42-,43-,44+,45-,47+,48-,49-,50-/m1/s1. The van der Waals surface area contributed by atoms with E-state index in [0.717, 1.165) is 5.69 Å². The number of nitro groups is 1. The fourth-order valence-electron chi connectivity index (χ4n) is 11.3. The molecule has 2 aromatic rings. The minimum absolute atomic E-state index is 0.00266. The Balaban J connectivity index is 1.39. The summed E-state index contributed by atoms with van der Waals surface area (Å²) in [6, 6.07) is 4.95. The number of benzene rings is 1. The zero-order valence-electron chi connectivity index (χ0n) is 43.7. The highest BCUT2D eigenvalue weighted by atomic mass is 16.7. The number of nitrogens with zero attached hydrogens (tertiary/aromatic N) is 6. The number of non-ortho nitro benzene ring substituents is 1. The molecule has 0 aliphatic carbocycles. The lowest BCUT2D eigenvalue weighted by Gasteiger charge is -2.51. The van der Waals surface area contributed by atoms with Gasteiger partial charge >= 0.3 is 5.97 Å². The average Bonchev–Trinajstić information content (AvgIpc) is 3.76. The molecule has 20 nitrogen and oxygen atoms in total. The second-order valence-electron chi connectivity index (χ2n) is 21.4. The van der Waals surface area contributed by atoms with Crippen LogP contribution in [0.5, 0.6) is 5.75 Å². The van der Waals surface area contributed by atoms with Crippen molar-refractivity contribution < 1.29 is 63.7 Å². The minimum atomic E-state index is -1.82. The Bertz CT molecular complexity index is 1970. The molecule has 1 unspecified atom stereocenters. The zero-order valence-corrected chi connectivity index (χ0v) is 43.7. The molecule has 3 aliphatic rings. The maximum Gasteiger partial charge on any atom is 0.309 e. The second-order valence-corrected chi connectivity index (χ2v) is 21.4. The van der Waals surface area contributed by atoms with Gasteiger partial charge in [0.15, 0.2) is 6.29 Å². The Morgan fingerprint density at radius 1 is 1.00 bits per heavy atom. The Kier molecular flexibility index (Phi) is 19.8. The molecule has 20 heteroatoms. The van der Waals surface area contributed by atoms with Crippen molar-refractivity contribution in [2.75, 3.05) is 40.9 Å². The lowest BCUT2D eigenvalue weighted by molar-refractivity contribution is -0.384. The quantitative estimate of drug-likeness (QED) is 0.0737. The van der Waals surface area contributed by atoms with Gasteiger partial charge in [0.05, 0.1) is 58.8 Å². The molecular weight excluding hydrogens is 909 g/mol. The van der Waals surface area contributed by atoms with E-state index in [1.165, 1.54) is 26.2 Å². The van der Waals surface area contributed by atoms with Crippen LogP contribution in [0.25, 0.3) is 0 Å². The van der Waals surface area contributed by atoms with Gasteiger partial charge in [-0.15, -0.1) is 5.10 Å². The first kappa shape index (κ1) is 57.5. The summed E-state index contributed by atoms with van der Waals surface area (Å²) in [5, 5.41) is 79.6. The van der Waals surface area contributed by atoms with Gasteiger partial charge in [0, 0.05) is 82.3 Å². The molecule has 1 aromatic heterocycles. The summed E-state index contributed by atoms with van der Waals surface area (Å²) in [4.78, 5) is 29.1. The maximum absolute atomic E-state index is 14.6. The van der Waals surface area contributed by atoms with Gasteiger partial charge in [-0.2, -0.15) is 0 Å². The third-order valence-electron chi connectivity index (χ3n) is 15.6. The molecule has 3 saturated heterocycles. The number of esters is 1. The van der Waals surface area contributed by atoms with Crippen LogP contribution >= 0.6 is 0 Å². The molecule has 1 aromatic carbocycles. The molecule has 5 N–H and O–H groups in total. The van der Waals surface area contributed by atoms with Gasteiger partial charge in [-0.05, 0) is 98.9 Å². The molecule has 3 fully saturated rings. The number of aromatic nitrogens is 3. The van der Waals surface area contributed by atoms with E-state index in [1.807, 2.05) is 46.0 Å². The van der Waals surface area contributed by atoms with Gasteiger partial charge in [-0.3, -0.25) is 19.6 Å². The molecule has 0 saturated carbocycles. The molecule has 18 atom stereocenters. The van der Waals surface area contributed by atoms with Gasteiger partial charge in [-0.1, -0.05) is 32.9 Å². The van der Waals surface area contributed by atoms with Crippen molar-refractivity contribution in [3.05, 3.63) is 46.3 Å². The van der Waals surface area contributed by atoms with E-state index in [9.17, 15) is 40.4 Å². The molecule has 4 heterocycles. The van der Waals surface area contributed by atoms with Gasteiger partial charge in [-0.25, -0.2) is 0 Å². The van der Waals surface area contributed by atoms with Crippen molar-refractivity contribution in [1.29, 1.82) is 0 Å². The number of cyclic esters (lactones) is 1. The van der Waals surface area contributed by atoms with Crippen LogP contribution in [0.1, 0.15) is 107 Å². The van der Waals surface area contributed by atoms with Crippen LogP contribution in [0.4, 0.5) is 5.69 Å². The number of hydrogen-bond donors (Lipinski definition) is 5. The lowest BCUT2D eigenvalue weighted by Crippen LogP contribution is -2.62. The Labute approximate surface area is 414 Å². The summed E-state index contributed by atoms with van der Waals surface area (Å²) in [7, 11) is 5.29. The first-order chi connectivity index (χ1) is 32.7. The summed E-state index contributed by atoms with van der Waals surface area (Å²) in [6.07, 6.45) is -4.42. The normalized spacial score (nSPS) is 39.8. The Hall–Kier alpha value is -3.41. The van der Waals surface area contributed by atoms with Crippen LogP contribution in [0.15, 0.2) is 30.5 Å². The number of aliphatic hydroxyl groups is 5. The number of aryl methyl sites for hydroxylation is 1. The van der Waals surface area contributed by atoms with E-state index in [0.29, 0.717) is 51.3 Å². The van der Waals surface area contributed by atoms with Crippen LogP contribution < -0.4 is 4.74 Å². The molecule has 0 spiro atoms. The summed E-state index contributed by atoms with van der Waals surface area (Å²) in [5.74, 6) is -2.64. The molecular formula is C50H84N6O14. The number of methoxy groups -OCH3 is 1. The van der Waals surface area contributed by atoms with Gasteiger partial charge < -0.3 is 63.8 Å². The second kappa shape index (κ2) is 24.1. The van der Waals surface area contributed by atoms with Crippen LogP contribution in [0.2, 0.25) is 0 Å². The fourth-order valence-corrected chi connectivity index (χ4v) is 11.3. The number of hydrogen-bond acceptors (Lipinski definition) is 18.